The maximum Gasteiger partial charge on any atom is 0.261 e. The number of nitrogens with one attached hydrogen (secondary N) is 1. The smallest absolute Gasteiger partial charge is 0.261 e. The minimum absolute atomic E-state index is 0.0118. The van der Waals surface area contributed by atoms with Crippen LogP contribution < -0.4 is 15.7 Å². The SMILES string of the molecule is C=CC(CO[Si](c1ccccc1)(c1ccccc1)C(C)(C)C)NC1CCC1. The Kier molecular flexibility index (Phi) is 6.35. The van der Waals surface area contributed by atoms with Crippen molar-refractivity contribution in [2.24, 2.45) is 0 Å². The van der Waals surface area contributed by atoms with E-state index in [0.717, 1.165) is 0 Å². The van der Waals surface area contributed by atoms with Gasteiger partial charge in [0, 0.05) is 12.1 Å². The molecule has 27 heavy (non-hydrogen) atoms. The summed E-state index contributed by atoms with van der Waals surface area (Å²) in [6.45, 7) is 11.7. The highest BCUT2D eigenvalue weighted by atomic mass is 28.4. The second kappa shape index (κ2) is 8.55. The van der Waals surface area contributed by atoms with Gasteiger partial charge in [-0.15, -0.1) is 6.58 Å². The molecule has 0 radical (unpaired) electrons. The van der Waals surface area contributed by atoms with Crippen LogP contribution in [0.15, 0.2) is 73.3 Å². The molecule has 0 heterocycles. The number of hydrogen-bond donors (Lipinski definition) is 1. The summed E-state index contributed by atoms with van der Waals surface area (Å²) < 4.78 is 6.99. The van der Waals surface area contributed by atoms with Crippen molar-refractivity contribution in [1.29, 1.82) is 0 Å². The van der Waals surface area contributed by atoms with E-state index in [4.69, 9.17) is 4.43 Å². The minimum atomic E-state index is -2.46. The first kappa shape index (κ1) is 20.1. The number of benzene rings is 2. The third-order valence-electron chi connectivity index (χ3n) is 5.74. The van der Waals surface area contributed by atoms with Gasteiger partial charge in [-0.05, 0) is 28.3 Å². The molecule has 0 amide bonds. The van der Waals surface area contributed by atoms with Gasteiger partial charge in [0.2, 0.25) is 0 Å². The van der Waals surface area contributed by atoms with E-state index < -0.39 is 8.32 Å². The lowest BCUT2D eigenvalue weighted by molar-refractivity contribution is 0.236. The lowest BCUT2D eigenvalue weighted by Gasteiger charge is -2.44. The Hall–Kier alpha value is -1.68. The normalized spacial score (nSPS) is 16.6. The van der Waals surface area contributed by atoms with Crippen LogP contribution in [0.5, 0.6) is 0 Å². The van der Waals surface area contributed by atoms with Gasteiger partial charge in [-0.2, -0.15) is 0 Å². The Bertz CT molecular complexity index is 680. The van der Waals surface area contributed by atoms with E-state index in [1.165, 1.54) is 29.6 Å². The standard InChI is InChI=1S/C24H33NOSi/c1-5-20(25-21-13-12-14-21)19-26-27(24(2,3)4,22-15-8-6-9-16-22)23-17-10-7-11-18-23/h5-11,15-18,20-21,25H,1,12-14,19H2,2-4H3. The molecule has 2 nitrogen and oxygen atoms in total. The first-order valence-corrected chi connectivity index (χ1v) is 12.0. The second-order valence-corrected chi connectivity index (χ2v) is 12.9. The third kappa shape index (κ3) is 4.26. The van der Waals surface area contributed by atoms with Gasteiger partial charge in [0.25, 0.3) is 8.32 Å². The van der Waals surface area contributed by atoms with Gasteiger partial charge in [0.1, 0.15) is 0 Å². The molecular formula is C24H33NOSi. The quantitative estimate of drug-likeness (QED) is 0.547. The molecular weight excluding hydrogens is 346 g/mol. The van der Waals surface area contributed by atoms with Crippen LogP contribution >= 0.6 is 0 Å². The average molecular weight is 380 g/mol. The van der Waals surface area contributed by atoms with E-state index in [-0.39, 0.29) is 11.1 Å². The first-order valence-electron chi connectivity index (χ1n) is 10.1. The van der Waals surface area contributed by atoms with Gasteiger partial charge >= 0.3 is 0 Å². The highest BCUT2D eigenvalue weighted by Crippen LogP contribution is 2.36. The zero-order valence-corrected chi connectivity index (χ0v) is 17.9. The van der Waals surface area contributed by atoms with Crippen molar-refractivity contribution < 1.29 is 4.43 Å². The summed E-state index contributed by atoms with van der Waals surface area (Å²) in [6, 6.07) is 22.5. The van der Waals surface area contributed by atoms with E-state index in [9.17, 15) is 0 Å². The molecule has 3 heteroatoms. The summed E-state index contributed by atoms with van der Waals surface area (Å²) in [5.41, 5.74) is 0. The molecule has 0 bridgehead atoms. The molecule has 0 saturated heterocycles. The highest BCUT2D eigenvalue weighted by Gasteiger charge is 2.50. The molecule has 1 saturated carbocycles. The van der Waals surface area contributed by atoms with E-state index in [2.05, 4.69) is 93.3 Å². The van der Waals surface area contributed by atoms with Crippen molar-refractivity contribution in [3.63, 3.8) is 0 Å². The van der Waals surface area contributed by atoms with Crippen LogP contribution in [0.25, 0.3) is 0 Å². The van der Waals surface area contributed by atoms with Gasteiger partial charge in [-0.25, -0.2) is 0 Å². The molecule has 2 aromatic carbocycles. The molecule has 0 aromatic heterocycles. The topological polar surface area (TPSA) is 21.3 Å². The lowest BCUT2D eigenvalue weighted by atomic mass is 9.92. The molecule has 144 valence electrons. The third-order valence-corrected chi connectivity index (χ3v) is 10.7. The van der Waals surface area contributed by atoms with Crippen molar-refractivity contribution in [2.45, 2.75) is 57.2 Å². The fourth-order valence-electron chi connectivity index (χ4n) is 4.04. The molecule has 0 aliphatic heterocycles. The molecule has 3 rings (SSSR count). The molecule has 1 fully saturated rings. The molecule has 1 aliphatic rings. The first-order chi connectivity index (χ1) is 13.0. The van der Waals surface area contributed by atoms with Crippen LogP contribution in [-0.4, -0.2) is 27.0 Å². The summed E-state index contributed by atoms with van der Waals surface area (Å²) in [5, 5.41) is 6.38. The molecule has 0 spiro atoms. The molecule has 1 aliphatic carbocycles. The Balaban J connectivity index is 1.97. The Morgan fingerprint density at radius 2 is 1.56 bits per heavy atom. The van der Waals surface area contributed by atoms with Gasteiger partial charge in [0.05, 0.1) is 6.61 Å². The predicted molar refractivity (Wildman–Crippen MR) is 118 cm³/mol. The highest BCUT2D eigenvalue weighted by molar-refractivity contribution is 6.99. The molecule has 1 atom stereocenters. The minimum Gasteiger partial charge on any atom is -0.405 e. The average Bonchev–Trinajstić information content (AvgIpc) is 2.64. The van der Waals surface area contributed by atoms with Crippen molar-refractivity contribution >= 4 is 18.7 Å². The van der Waals surface area contributed by atoms with E-state index in [0.29, 0.717) is 12.6 Å². The van der Waals surface area contributed by atoms with Crippen molar-refractivity contribution in [3.8, 4) is 0 Å². The van der Waals surface area contributed by atoms with Crippen LogP contribution in [0.4, 0.5) is 0 Å². The maximum absolute atomic E-state index is 6.99. The van der Waals surface area contributed by atoms with Crippen LogP contribution in [0.3, 0.4) is 0 Å². The summed E-state index contributed by atoms with van der Waals surface area (Å²) in [7, 11) is -2.46. The van der Waals surface area contributed by atoms with Crippen molar-refractivity contribution in [3.05, 3.63) is 73.3 Å². The summed E-state index contributed by atoms with van der Waals surface area (Å²) in [4.78, 5) is 0. The summed E-state index contributed by atoms with van der Waals surface area (Å²) in [5.74, 6) is 0. The number of rotatable bonds is 8. The maximum atomic E-state index is 6.99. The largest absolute Gasteiger partial charge is 0.405 e. The summed E-state index contributed by atoms with van der Waals surface area (Å²) in [6.07, 6.45) is 5.88. The fraction of sp³-hybridized carbons (Fsp3) is 0.417. The van der Waals surface area contributed by atoms with Gasteiger partial charge in [0.15, 0.2) is 0 Å². The molecule has 1 N–H and O–H groups in total. The van der Waals surface area contributed by atoms with Crippen LogP contribution in [0, 0.1) is 0 Å². The molecule has 2 aromatic rings. The fourth-order valence-corrected chi connectivity index (χ4v) is 8.62. The van der Waals surface area contributed by atoms with E-state index in [1.807, 2.05) is 6.08 Å². The Morgan fingerprint density at radius 1 is 1.04 bits per heavy atom. The van der Waals surface area contributed by atoms with E-state index in [1.54, 1.807) is 0 Å². The zero-order chi connectivity index (χ0) is 19.3. The zero-order valence-electron chi connectivity index (χ0n) is 16.9. The van der Waals surface area contributed by atoms with Gasteiger partial charge in [-0.1, -0.05) is 93.9 Å². The second-order valence-electron chi connectivity index (χ2n) is 8.61. The van der Waals surface area contributed by atoms with Gasteiger partial charge in [-0.3, -0.25) is 0 Å². The lowest BCUT2D eigenvalue weighted by Crippen LogP contribution is -2.67. The van der Waals surface area contributed by atoms with Gasteiger partial charge < -0.3 is 9.74 Å². The van der Waals surface area contributed by atoms with Crippen molar-refractivity contribution in [1.82, 2.24) is 5.32 Å². The van der Waals surface area contributed by atoms with Crippen LogP contribution in [-0.2, 0) is 4.43 Å². The summed E-state index contributed by atoms with van der Waals surface area (Å²) >= 11 is 0. The van der Waals surface area contributed by atoms with Crippen LogP contribution in [0.1, 0.15) is 40.0 Å². The Labute approximate surface area is 165 Å². The number of hydrogen-bond acceptors (Lipinski definition) is 2. The van der Waals surface area contributed by atoms with E-state index >= 15 is 0 Å². The van der Waals surface area contributed by atoms with Crippen LogP contribution in [0.2, 0.25) is 5.04 Å². The molecule has 1 unspecified atom stereocenters. The monoisotopic (exact) mass is 379 g/mol. The Morgan fingerprint density at radius 3 is 1.93 bits per heavy atom. The van der Waals surface area contributed by atoms with Crippen molar-refractivity contribution in [2.75, 3.05) is 6.61 Å². The predicted octanol–water partition coefficient (Wildman–Crippen LogP) is 4.26.